The van der Waals surface area contributed by atoms with Crippen molar-refractivity contribution in [2.24, 2.45) is 5.10 Å². The molecule has 0 aliphatic carbocycles. The van der Waals surface area contributed by atoms with Crippen LogP contribution in [0.5, 0.6) is 17.2 Å². The van der Waals surface area contributed by atoms with Crippen LogP contribution in [0.4, 0.5) is 0 Å². The Balaban J connectivity index is 1.56. The number of hydrazone groups is 1. The number of nitrogens with one attached hydrogen (secondary N) is 1. The van der Waals surface area contributed by atoms with E-state index in [2.05, 4.69) is 10.5 Å². The molecule has 3 aromatic rings. The van der Waals surface area contributed by atoms with E-state index in [0.29, 0.717) is 44.5 Å². The number of amides is 1. The summed E-state index contributed by atoms with van der Waals surface area (Å²) in [5.41, 5.74) is 3.94. The third-order valence-corrected chi connectivity index (χ3v) is 5.09. The van der Waals surface area contributed by atoms with Crippen LogP contribution < -0.4 is 19.6 Å². The highest BCUT2D eigenvalue weighted by Gasteiger charge is 2.09. The summed E-state index contributed by atoms with van der Waals surface area (Å²) in [7, 11) is 0. The lowest BCUT2D eigenvalue weighted by molar-refractivity contribution is -0.123. The highest BCUT2D eigenvalue weighted by Crippen LogP contribution is 2.30. The SMILES string of the molecule is CCOc1cc(/C=N\NC(=O)COc2ccc(Cl)cc2)ccc1OCc1ccc(Cl)cc1Cl. The molecule has 3 rings (SSSR count). The van der Waals surface area contributed by atoms with Gasteiger partial charge in [-0.15, -0.1) is 0 Å². The normalized spacial score (nSPS) is 10.8. The molecule has 0 aromatic heterocycles. The Kier molecular flexibility index (Phi) is 9.24. The van der Waals surface area contributed by atoms with Gasteiger partial charge in [0, 0.05) is 20.6 Å². The van der Waals surface area contributed by atoms with Crippen LogP contribution in [0.3, 0.4) is 0 Å². The topological polar surface area (TPSA) is 69.2 Å². The average molecular weight is 508 g/mol. The first-order chi connectivity index (χ1) is 15.9. The van der Waals surface area contributed by atoms with Gasteiger partial charge in [0.1, 0.15) is 12.4 Å². The van der Waals surface area contributed by atoms with Crippen molar-refractivity contribution in [3.63, 3.8) is 0 Å². The van der Waals surface area contributed by atoms with Gasteiger partial charge >= 0.3 is 0 Å². The maximum absolute atomic E-state index is 11.9. The number of rotatable bonds is 10. The van der Waals surface area contributed by atoms with Crippen molar-refractivity contribution in [2.75, 3.05) is 13.2 Å². The number of nitrogens with zero attached hydrogens (tertiary/aromatic N) is 1. The molecule has 0 saturated carbocycles. The van der Waals surface area contributed by atoms with Crippen LogP contribution in [-0.2, 0) is 11.4 Å². The van der Waals surface area contributed by atoms with Crippen LogP contribution in [0.25, 0.3) is 0 Å². The molecule has 3 aromatic carbocycles. The van der Waals surface area contributed by atoms with Crippen LogP contribution in [0, 0.1) is 0 Å². The zero-order valence-corrected chi connectivity index (χ0v) is 20.0. The Morgan fingerprint density at radius 2 is 1.67 bits per heavy atom. The molecule has 1 amide bonds. The average Bonchev–Trinajstić information content (AvgIpc) is 2.79. The Morgan fingerprint density at radius 3 is 2.39 bits per heavy atom. The maximum atomic E-state index is 11.9. The van der Waals surface area contributed by atoms with Gasteiger partial charge in [0.05, 0.1) is 12.8 Å². The zero-order chi connectivity index (χ0) is 23.6. The van der Waals surface area contributed by atoms with Gasteiger partial charge in [-0.1, -0.05) is 40.9 Å². The Morgan fingerprint density at radius 1 is 0.909 bits per heavy atom. The van der Waals surface area contributed by atoms with Crippen molar-refractivity contribution >= 4 is 46.9 Å². The van der Waals surface area contributed by atoms with E-state index in [0.717, 1.165) is 5.56 Å². The van der Waals surface area contributed by atoms with Crippen molar-refractivity contribution in [2.45, 2.75) is 13.5 Å². The van der Waals surface area contributed by atoms with E-state index in [9.17, 15) is 4.79 Å². The molecule has 172 valence electrons. The van der Waals surface area contributed by atoms with E-state index < -0.39 is 5.91 Å². The first kappa shape index (κ1) is 24.7. The minimum atomic E-state index is -0.397. The zero-order valence-electron chi connectivity index (χ0n) is 17.7. The van der Waals surface area contributed by atoms with E-state index in [1.807, 2.05) is 13.0 Å². The van der Waals surface area contributed by atoms with Crippen molar-refractivity contribution in [3.05, 3.63) is 86.9 Å². The summed E-state index contributed by atoms with van der Waals surface area (Å²) >= 11 is 18.0. The standard InChI is InChI=1S/C24H21Cl3N2O4/c1-2-31-23-11-16(3-10-22(23)33-14-17-4-5-19(26)12-21(17)27)13-28-29-24(30)15-32-20-8-6-18(25)7-9-20/h3-13H,2,14-15H2,1H3,(H,29,30)/b28-13-. The molecule has 0 radical (unpaired) electrons. The third kappa shape index (κ3) is 7.86. The van der Waals surface area contributed by atoms with Gasteiger partial charge < -0.3 is 14.2 Å². The highest BCUT2D eigenvalue weighted by molar-refractivity contribution is 6.35. The second-order valence-corrected chi connectivity index (χ2v) is 7.98. The highest BCUT2D eigenvalue weighted by atomic mass is 35.5. The van der Waals surface area contributed by atoms with Crippen LogP contribution in [-0.4, -0.2) is 25.3 Å². The fourth-order valence-electron chi connectivity index (χ4n) is 2.68. The summed E-state index contributed by atoms with van der Waals surface area (Å²) in [5, 5.41) is 5.64. The Bertz CT molecular complexity index is 1120. The van der Waals surface area contributed by atoms with Crippen LogP contribution in [0.2, 0.25) is 15.1 Å². The number of benzene rings is 3. The molecule has 0 aliphatic heterocycles. The lowest BCUT2D eigenvalue weighted by atomic mass is 10.2. The fraction of sp³-hybridized carbons (Fsp3) is 0.167. The van der Waals surface area contributed by atoms with Crippen molar-refractivity contribution in [3.8, 4) is 17.2 Å². The van der Waals surface area contributed by atoms with Gasteiger partial charge in [-0.05, 0) is 67.1 Å². The number of ether oxygens (including phenoxy) is 3. The monoisotopic (exact) mass is 506 g/mol. The minimum absolute atomic E-state index is 0.177. The van der Waals surface area contributed by atoms with Crippen molar-refractivity contribution in [1.82, 2.24) is 5.43 Å². The van der Waals surface area contributed by atoms with Gasteiger partial charge in [-0.2, -0.15) is 5.10 Å². The molecular weight excluding hydrogens is 487 g/mol. The van der Waals surface area contributed by atoms with Crippen LogP contribution >= 0.6 is 34.8 Å². The van der Waals surface area contributed by atoms with Gasteiger partial charge in [0.25, 0.3) is 5.91 Å². The molecule has 33 heavy (non-hydrogen) atoms. The maximum Gasteiger partial charge on any atom is 0.277 e. The summed E-state index contributed by atoms with van der Waals surface area (Å²) in [6, 6.07) is 17.3. The summed E-state index contributed by atoms with van der Waals surface area (Å²) in [4.78, 5) is 11.9. The van der Waals surface area contributed by atoms with E-state index in [1.165, 1.54) is 6.21 Å². The molecule has 0 saturated heterocycles. The molecular formula is C24H21Cl3N2O4. The summed E-state index contributed by atoms with van der Waals surface area (Å²) < 4.78 is 16.9. The Labute approximate surface area is 207 Å². The largest absolute Gasteiger partial charge is 0.490 e. The van der Waals surface area contributed by atoms with E-state index in [4.69, 9.17) is 49.0 Å². The number of hydrogen-bond acceptors (Lipinski definition) is 5. The lowest BCUT2D eigenvalue weighted by Crippen LogP contribution is -2.24. The molecule has 0 unspecified atom stereocenters. The van der Waals surface area contributed by atoms with E-state index in [1.54, 1.807) is 54.6 Å². The van der Waals surface area contributed by atoms with Crippen LogP contribution in [0.15, 0.2) is 65.8 Å². The summed E-state index contributed by atoms with van der Waals surface area (Å²) in [5.74, 6) is 1.24. The molecule has 9 heteroatoms. The predicted octanol–water partition coefficient (Wildman–Crippen LogP) is 6.15. The Hall–Kier alpha value is -2.93. The number of carbonyl (C=O) groups excluding carboxylic acids is 1. The minimum Gasteiger partial charge on any atom is -0.490 e. The quantitative estimate of drug-likeness (QED) is 0.264. The van der Waals surface area contributed by atoms with Crippen LogP contribution in [0.1, 0.15) is 18.1 Å². The number of hydrogen-bond donors (Lipinski definition) is 1. The van der Waals surface area contributed by atoms with E-state index >= 15 is 0 Å². The van der Waals surface area contributed by atoms with Gasteiger partial charge in [0.2, 0.25) is 0 Å². The van der Waals surface area contributed by atoms with E-state index in [-0.39, 0.29) is 13.2 Å². The van der Waals surface area contributed by atoms with Crippen molar-refractivity contribution < 1.29 is 19.0 Å². The van der Waals surface area contributed by atoms with Gasteiger partial charge in [-0.3, -0.25) is 4.79 Å². The first-order valence-electron chi connectivity index (χ1n) is 9.98. The summed E-state index contributed by atoms with van der Waals surface area (Å²) in [6.45, 7) is 2.41. The second kappa shape index (κ2) is 12.3. The first-order valence-corrected chi connectivity index (χ1v) is 11.1. The molecule has 0 aliphatic rings. The molecule has 0 atom stereocenters. The summed E-state index contributed by atoms with van der Waals surface area (Å²) in [6.07, 6.45) is 1.50. The molecule has 0 spiro atoms. The number of carbonyl (C=O) groups is 1. The fourth-order valence-corrected chi connectivity index (χ4v) is 3.27. The van der Waals surface area contributed by atoms with Crippen molar-refractivity contribution in [1.29, 1.82) is 0 Å². The third-order valence-electron chi connectivity index (χ3n) is 4.25. The molecule has 6 nitrogen and oxygen atoms in total. The molecule has 0 heterocycles. The second-order valence-electron chi connectivity index (χ2n) is 6.70. The lowest BCUT2D eigenvalue weighted by Gasteiger charge is -2.13. The molecule has 1 N–H and O–H groups in total. The smallest absolute Gasteiger partial charge is 0.277 e. The number of halogens is 3. The van der Waals surface area contributed by atoms with Gasteiger partial charge in [0.15, 0.2) is 18.1 Å². The van der Waals surface area contributed by atoms with Gasteiger partial charge in [-0.25, -0.2) is 5.43 Å². The predicted molar refractivity (Wildman–Crippen MR) is 131 cm³/mol. The molecule has 0 bridgehead atoms. The molecule has 0 fully saturated rings.